The third-order valence-electron chi connectivity index (χ3n) is 8.59. The van der Waals surface area contributed by atoms with E-state index in [0.717, 1.165) is 35.1 Å². The van der Waals surface area contributed by atoms with Crippen molar-refractivity contribution < 1.29 is 9.50 Å². The number of benzene rings is 4. The lowest BCUT2D eigenvalue weighted by Gasteiger charge is -2.29. The summed E-state index contributed by atoms with van der Waals surface area (Å²) in [6.45, 7) is 2.26. The fourth-order valence-electron chi connectivity index (χ4n) is 6.21. The summed E-state index contributed by atoms with van der Waals surface area (Å²) in [5.41, 5.74) is 5.01. The van der Waals surface area contributed by atoms with E-state index < -0.39 is 11.9 Å². The molecule has 7 heteroatoms. The molecule has 1 atom stereocenters. The number of hydrogen-bond acceptors (Lipinski definition) is 4. The van der Waals surface area contributed by atoms with Crippen LogP contribution in [-0.4, -0.2) is 44.7 Å². The molecule has 0 unspecified atom stereocenters. The number of aromatic hydroxyl groups is 1. The summed E-state index contributed by atoms with van der Waals surface area (Å²) in [4.78, 5) is 24.3. The van der Waals surface area contributed by atoms with E-state index in [-0.39, 0.29) is 16.9 Å². The average molecular weight is 559 g/mol. The molecule has 0 aliphatic carbocycles. The molecular weight excluding hydrogens is 527 g/mol. The molecule has 1 aliphatic rings. The topological polar surface area (TPSA) is 74.2 Å². The maximum atomic E-state index is 14.4. The number of nitrogens with one attached hydrogen (secondary N) is 1. The molecule has 1 saturated heterocycles. The van der Waals surface area contributed by atoms with Crippen LogP contribution in [0.1, 0.15) is 41.8 Å². The van der Waals surface area contributed by atoms with Crippen molar-refractivity contribution in [3.05, 3.63) is 130 Å². The van der Waals surface area contributed by atoms with Gasteiger partial charge in [-0.3, -0.25) is 4.79 Å². The van der Waals surface area contributed by atoms with Gasteiger partial charge in [0.05, 0.1) is 11.0 Å². The van der Waals surface area contributed by atoms with E-state index in [1.165, 1.54) is 41.2 Å². The van der Waals surface area contributed by atoms with E-state index in [1.54, 1.807) is 6.20 Å². The Morgan fingerprint density at radius 1 is 0.929 bits per heavy atom. The van der Waals surface area contributed by atoms with Crippen molar-refractivity contribution in [2.45, 2.75) is 24.8 Å². The Morgan fingerprint density at radius 3 is 2.48 bits per heavy atom. The number of imidazole rings is 1. The highest BCUT2D eigenvalue weighted by Crippen LogP contribution is 2.34. The van der Waals surface area contributed by atoms with Gasteiger partial charge in [0.25, 0.3) is 5.56 Å². The minimum Gasteiger partial charge on any atom is -0.508 e. The number of aromatic nitrogens is 3. The fraction of sp³-hybridized carbons (Fsp3) is 0.200. The van der Waals surface area contributed by atoms with Crippen LogP contribution >= 0.6 is 0 Å². The van der Waals surface area contributed by atoms with Crippen molar-refractivity contribution in [1.82, 2.24) is 19.4 Å². The van der Waals surface area contributed by atoms with Crippen molar-refractivity contribution in [2.75, 3.05) is 20.1 Å². The molecule has 6 aromatic rings. The number of aromatic amines is 1. The molecule has 210 valence electrons. The minimum absolute atomic E-state index is 0.118. The minimum atomic E-state index is -0.864. The number of nitrogens with zero attached hydrogens (tertiary/aromatic N) is 3. The van der Waals surface area contributed by atoms with Crippen LogP contribution in [-0.2, 0) is 0 Å². The van der Waals surface area contributed by atoms with Gasteiger partial charge in [0.15, 0.2) is 0 Å². The molecule has 1 aliphatic heterocycles. The third kappa shape index (κ3) is 4.76. The average Bonchev–Trinajstić information content (AvgIpc) is 3.44. The quantitative estimate of drug-likeness (QED) is 0.243. The van der Waals surface area contributed by atoms with Gasteiger partial charge < -0.3 is 19.6 Å². The Kier molecular flexibility index (Phi) is 6.59. The highest BCUT2D eigenvalue weighted by molar-refractivity contribution is 5.86. The number of phenolic OH excluding ortho intramolecular Hbond substituents is 1. The molecule has 2 N–H and O–H groups in total. The Balaban J connectivity index is 1.28. The normalized spacial score (nSPS) is 15.4. The summed E-state index contributed by atoms with van der Waals surface area (Å²) in [6.07, 6.45) is 4.06. The van der Waals surface area contributed by atoms with E-state index in [0.29, 0.717) is 22.6 Å². The first-order valence-corrected chi connectivity index (χ1v) is 14.3. The molecule has 0 spiro atoms. The van der Waals surface area contributed by atoms with Crippen LogP contribution in [0.2, 0.25) is 0 Å². The summed E-state index contributed by atoms with van der Waals surface area (Å²) in [5.74, 6) is 0.402. The first-order valence-electron chi connectivity index (χ1n) is 14.3. The Labute approximate surface area is 242 Å². The predicted molar refractivity (Wildman–Crippen MR) is 165 cm³/mol. The van der Waals surface area contributed by atoms with Crippen LogP contribution in [0.25, 0.3) is 32.9 Å². The zero-order valence-electron chi connectivity index (χ0n) is 23.3. The van der Waals surface area contributed by atoms with E-state index in [9.17, 15) is 14.3 Å². The smallest absolute Gasteiger partial charge is 0.259 e. The molecule has 0 radical (unpaired) electrons. The van der Waals surface area contributed by atoms with E-state index in [1.807, 2.05) is 48.5 Å². The zero-order chi connectivity index (χ0) is 28.8. The standard InChI is InChI=1S/C35H31FN4O2/c1-39-17-14-24(15-18-39)22-6-8-23(9-7-22)25-10-12-28-26(20-25)16-19-40(35(28)42)33(29-21-27(36)11-13-32(29)41)34-37-30-4-2-3-5-31(30)38-34/h2-13,16,19-21,24,33,41H,14-15,17-18H2,1H3,(H,37,38)/t33-/m1/s1. The molecule has 7 rings (SSSR count). The summed E-state index contributed by atoms with van der Waals surface area (Å²) in [6, 6.07) is 26.9. The molecule has 0 saturated carbocycles. The molecule has 1 fully saturated rings. The van der Waals surface area contributed by atoms with Gasteiger partial charge in [0.1, 0.15) is 23.4 Å². The second-order valence-electron chi connectivity index (χ2n) is 11.3. The van der Waals surface area contributed by atoms with Crippen LogP contribution in [0.5, 0.6) is 5.75 Å². The second-order valence-corrected chi connectivity index (χ2v) is 11.3. The van der Waals surface area contributed by atoms with Crippen LogP contribution in [0.4, 0.5) is 4.39 Å². The molecule has 6 nitrogen and oxygen atoms in total. The number of H-pyrrole nitrogens is 1. The molecule has 2 aromatic heterocycles. The lowest BCUT2D eigenvalue weighted by molar-refractivity contribution is 0.255. The summed E-state index contributed by atoms with van der Waals surface area (Å²) in [7, 11) is 2.18. The highest BCUT2D eigenvalue weighted by Gasteiger charge is 2.25. The second kappa shape index (κ2) is 10.6. The number of likely N-dealkylation sites (tertiary alicyclic amines) is 1. The van der Waals surface area contributed by atoms with Crippen molar-refractivity contribution in [3.63, 3.8) is 0 Å². The van der Waals surface area contributed by atoms with Gasteiger partial charge in [-0.15, -0.1) is 0 Å². The zero-order valence-corrected chi connectivity index (χ0v) is 23.3. The molecule has 3 heterocycles. The van der Waals surface area contributed by atoms with Gasteiger partial charge in [-0.25, -0.2) is 9.37 Å². The number of hydrogen-bond donors (Lipinski definition) is 2. The first-order chi connectivity index (χ1) is 20.4. The summed E-state index contributed by atoms with van der Waals surface area (Å²) in [5, 5.41) is 12.1. The van der Waals surface area contributed by atoms with E-state index in [2.05, 4.69) is 41.2 Å². The van der Waals surface area contributed by atoms with Crippen LogP contribution in [0.15, 0.2) is 102 Å². The molecular formula is C35H31FN4O2. The van der Waals surface area contributed by atoms with E-state index >= 15 is 0 Å². The van der Waals surface area contributed by atoms with Crippen LogP contribution in [0, 0.1) is 5.82 Å². The molecule has 4 aromatic carbocycles. The maximum absolute atomic E-state index is 14.4. The predicted octanol–water partition coefficient (Wildman–Crippen LogP) is 6.84. The number of phenols is 1. The molecule has 42 heavy (non-hydrogen) atoms. The van der Waals surface area contributed by atoms with Gasteiger partial charge in [-0.2, -0.15) is 0 Å². The van der Waals surface area contributed by atoms with E-state index in [4.69, 9.17) is 4.98 Å². The Bertz CT molecular complexity index is 1940. The number of rotatable bonds is 5. The van der Waals surface area contributed by atoms with Crippen molar-refractivity contribution in [3.8, 4) is 16.9 Å². The monoisotopic (exact) mass is 558 g/mol. The number of para-hydroxylation sites is 2. The van der Waals surface area contributed by atoms with Gasteiger partial charge in [0.2, 0.25) is 0 Å². The summed E-state index contributed by atoms with van der Waals surface area (Å²) >= 11 is 0. The third-order valence-corrected chi connectivity index (χ3v) is 8.59. The maximum Gasteiger partial charge on any atom is 0.259 e. The SMILES string of the molecule is CN1CCC(c2ccc(-c3ccc4c(=O)n([C@@H](c5nc6ccccc6[nH]5)c5cc(F)ccc5O)ccc4c3)cc2)CC1. The molecule has 0 amide bonds. The fourth-order valence-corrected chi connectivity index (χ4v) is 6.21. The van der Waals surface area contributed by atoms with Crippen LogP contribution in [0.3, 0.4) is 0 Å². The van der Waals surface area contributed by atoms with Gasteiger partial charge in [-0.05, 0) is 110 Å². The van der Waals surface area contributed by atoms with Crippen molar-refractivity contribution in [1.29, 1.82) is 0 Å². The molecule has 0 bridgehead atoms. The Morgan fingerprint density at radius 2 is 1.69 bits per heavy atom. The van der Waals surface area contributed by atoms with Gasteiger partial charge in [0, 0.05) is 17.1 Å². The van der Waals surface area contributed by atoms with Crippen LogP contribution < -0.4 is 5.56 Å². The Hall–Kier alpha value is -4.75. The number of pyridine rings is 1. The van der Waals surface area contributed by atoms with Crippen molar-refractivity contribution >= 4 is 21.8 Å². The highest BCUT2D eigenvalue weighted by atomic mass is 19.1. The largest absolute Gasteiger partial charge is 0.508 e. The lowest BCUT2D eigenvalue weighted by Crippen LogP contribution is -2.29. The van der Waals surface area contributed by atoms with Gasteiger partial charge in [-0.1, -0.05) is 42.5 Å². The first kappa shape index (κ1) is 26.2. The lowest BCUT2D eigenvalue weighted by atomic mass is 9.88. The van der Waals surface area contributed by atoms with Gasteiger partial charge >= 0.3 is 0 Å². The number of fused-ring (bicyclic) bond motifs is 2. The summed E-state index contributed by atoms with van der Waals surface area (Å²) < 4.78 is 15.9. The number of piperidine rings is 1. The van der Waals surface area contributed by atoms with Crippen molar-refractivity contribution in [2.24, 2.45) is 0 Å². The number of halogens is 1.